The lowest BCUT2D eigenvalue weighted by Gasteiger charge is -2.21. The summed E-state index contributed by atoms with van der Waals surface area (Å²) in [7, 11) is 1.70. The smallest absolute Gasteiger partial charge is 0.191 e. The minimum absolute atomic E-state index is 0. The molecule has 0 amide bonds. The Kier molecular flexibility index (Phi) is 7.83. The fraction of sp³-hybridized carbons (Fsp3) is 0.273. The summed E-state index contributed by atoms with van der Waals surface area (Å²) in [5.41, 5.74) is 2.05. The number of halogens is 3. The van der Waals surface area contributed by atoms with E-state index in [1.54, 1.807) is 11.9 Å². The third-order valence-corrected chi connectivity index (χ3v) is 5.12. The first-order valence-electron chi connectivity index (χ1n) is 9.89. The van der Waals surface area contributed by atoms with Crippen molar-refractivity contribution in [1.82, 2.24) is 20.4 Å². The number of para-hydroxylation sites is 2. The predicted molar refractivity (Wildman–Crippen MR) is 129 cm³/mol. The Morgan fingerprint density at radius 1 is 1.13 bits per heavy atom. The minimum Gasteiger partial charge on any atom is -0.365 e. The molecule has 6 nitrogen and oxygen atoms in total. The van der Waals surface area contributed by atoms with Crippen LogP contribution < -0.4 is 15.5 Å². The highest BCUT2D eigenvalue weighted by Gasteiger charge is 2.27. The number of nitrogens with one attached hydrogen (secondary N) is 2. The Morgan fingerprint density at radius 3 is 2.58 bits per heavy atom. The molecule has 2 N–H and O–H groups in total. The number of aromatic nitrogens is 2. The van der Waals surface area contributed by atoms with Crippen molar-refractivity contribution in [2.45, 2.75) is 19.0 Å². The number of benzene rings is 2. The molecule has 2 heterocycles. The molecule has 31 heavy (non-hydrogen) atoms. The highest BCUT2D eigenvalue weighted by molar-refractivity contribution is 14.0. The molecule has 3 aromatic rings. The Labute approximate surface area is 197 Å². The second-order valence-electron chi connectivity index (χ2n) is 7.20. The molecule has 0 radical (unpaired) electrons. The van der Waals surface area contributed by atoms with Crippen LogP contribution in [0.3, 0.4) is 0 Å². The molecule has 1 aliphatic rings. The van der Waals surface area contributed by atoms with Gasteiger partial charge in [-0.2, -0.15) is 5.10 Å². The summed E-state index contributed by atoms with van der Waals surface area (Å²) in [6.07, 6.45) is 4.54. The van der Waals surface area contributed by atoms with Gasteiger partial charge >= 0.3 is 0 Å². The van der Waals surface area contributed by atoms with E-state index in [0.29, 0.717) is 25.6 Å². The first kappa shape index (κ1) is 23.0. The molecule has 1 saturated heterocycles. The molecular weight excluding hydrogens is 513 g/mol. The van der Waals surface area contributed by atoms with E-state index < -0.39 is 11.6 Å². The summed E-state index contributed by atoms with van der Waals surface area (Å²) in [6.45, 7) is 1.64. The van der Waals surface area contributed by atoms with Crippen molar-refractivity contribution >= 4 is 35.6 Å². The molecule has 1 aromatic heterocycles. The van der Waals surface area contributed by atoms with Gasteiger partial charge in [0.05, 0.1) is 11.9 Å². The van der Waals surface area contributed by atoms with E-state index in [0.717, 1.165) is 17.7 Å². The van der Waals surface area contributed by atoms with Crippen molar-refractivity contribution < 1.29 is 8.78 Å². The monoisotopic (exact) mass is 538 g/mol. The van der Waals surface area contributed by atoms with Gasteiger partial charge in [0, 0.05) is 44.5 Å². The molecule has 0 spiro atoms. The number of guanidine groups is 1. The van der Waals surface area contributed by atoms with Crippen LogP contribution in [-0.2, 0) is 6.54 Å². The Bertz CT molecular complexity index is 1000. The van der Waals surface area contributed by atoms with Crippen LogP contribution in [0.4, 0.5) is 14.5 Å². The van der Waals surface area contributed by atoms with E-state index in [2.05, 4.69) is 20.7 Å². The third-order valence-electron chi connectivity index (χ3n) is 5.12. The Hall–Kier alpha value is -2.69. The van der Waals surface area contributed by atoms with Gasteiger partial charge in [0.15, 0.2) is 5.96 Å². The SMILES string of the molecule is CN=C(NCc1cnn(-c2ccccc2)c1)NC1CCN(c2c(F)cccc2F)C1.I. The van der Waals surface area contributed by atoms with Gasteiger partial charge in [0.1, 0.15) is 17.3 Å². The zero-order valence-electron chi connectivity index (χ0n) is 17.1. The maximum absolute atomic E-state index is 14.0. The van der Waals surface area contributed by atoms with E-state index in [1.807, 2.05) is 47.4 Å². The van der Waals surface area contributed by atoms with E-state index in [1.165, 1.54) is 18.2 Å². The zero-order chi connectivity index (χ0) is 20.9. The number of nitrogens with zero attached hydrogens (tertiary/aromatic N) is 4. The van der Waals surface area contributed by atoms with Crippen molar-refractivity contribution in [1.29, 1.82) is 0 Å². The van der Waals surface area contributed by atoms with Gasteiger partial charge in [-0.05, 0) is 30.7 Å². The lowest BCUT2D eigenvalue weighted by Crippen LogP contribution is -2.44. The number of hydrogen-bond acceptors (Lipinski definition) is 3. The topological polar surface area (TPSA) is 57.5 Å². The van der Waals surface area contributed by atoms with Crippen molar-refractivity contribution in [3.05, 3.63) is 78.1 Å². The molecular formula is C22H25F2IN6. The summed E-state index contributed by atoms with van der Waals surface area (Å²) in [4.78, 5) is 6.00. The zero-order valence-corrected chi connectivity index (χ0v) is 19.5. The van der Waals surface area contributed by atoms with Gasteiger partial charge in [-0.15, -0.1) is 24.0 Å². The predicted octanol–water partition coefficient (Wildman–Crippen LogP) is 3.71. The van der Waals surface area contributed by atoms with Crippen LogP contribution in [0.15, 0.2) is 65.9 Å². The lowest BCUT2D eigenvalue weighted by molar-refractivity contribution is 0.576. The van der Waals surface area contributed by atoms with E-state index in [-0.39, 0.29) is 35.7 Å². The number of hydrogen-bond donors (Lipinski definition) is 2. The molecule has 2 aromatic carbocycles. The average Bonchev–Trinajstić information content (AvgIpc) is 3.41. The molecule has 0 saturated carbocycles. The fourth-order valence-corrected chi connectivity index (χ4v) is 3.62. The summed E-state index contributed by atoms with van der Waals surface area (Å²) >= 11 is 0. The fourth-order valence-electron chi connectivity index (χ4n) is 3.62. The average molecular weight is 538 g/mol. The molecule has 9 heteroatoms. The van der Waals surface area contributed by atoms with Crippen LogP contribution in [0.25, 0.3) is 5.69 Å². The summed E-state index contributed by atoms with van der Waals surface area (Å²) < 4.78 is 29.9. The van der Waals surface area contributed by atoms with Crippen LogP contribution in [0, 0.1) is 11.6 Å². The van der Waals surface area contributed by atoms with Gasteiger partial charge in [-0.1, -0.05) is 24.3 Å². The van der Waals surface area contributed by atoms with E-state index >= 15 is 0 Å². The highest BCUT2D eigenvalue weighted by atomic mass is 127. The Morgan fingerprint density at radius 2 is 1.87 bits per heavy atom. The number of aliphatic imine (C=N–C) groups is 1. The molecule has 164 valence electrons. The second kappa shape index (κ2) is 10.6. The van der Waals surface area contributed by atoms with E-state index in [4.69, 9.17) is 0 Å². The Balaban J connectivity index is 0.00000272. The maximum atomic E-state index is 14.0. The largest absolute Gasteiger partial charge is 0.365 e. The molecule has 1 unspecified atom stereocenters. The van der Waals surface area contributed by atoms with Crippen LogP contribution >= 0.6 is 24.0 Å². The minimum atomic E-state index is -0.534. The molecule has 0 aliphatic carbocycles. The van der Waals surface area contributed by atoms with Crippen LogP contribution in [0.5, 0.6) is 0 Å². The van der Waals surface area contributed by atoms with Gasteiger partial charge in [0.25, 0.3) is 0 Å². The molecule has 4 rings (SSSR count). The normalized spacial score (nSPS) is 16.2. The van der Waals surface area contributed by atoms with Crippen LogP contribution in [-0.4, -0.2) is 41.9 Å². The molecule has 1 aliphatic heterocycles. The van der Waals surface area contributed by atoms with Gasteiger partial charge in [-0.3, -0.25) is 4.99 Å². The van der Waals surface area contributed by atoms with Crippen molar-refractivity contribution in [3.8, 4) is 5.69 Å². The first-order chi connectivity index (χ1) is 14.6. The van der Waals surface area contributed by atoms with Crippen LogP contribution in [0.1, 0.15) is 12.0 Å². The summed E-state index contributed by atoms with van der Waals surface area (Å²) in [6, 6.07) is 13.9. The van der Waals surface area contributed by atoms with Gasteiger partial charge < -0.3 is 15.5 Å². The van der Waals surface area contributed by atoms with Crippen molar-refractivity contribution in [2.24, 2.45) is 4.99 Å². The molecule has 1 atom stereocenters. The maximum Gasteiger partial charge on any atom is 0.191 e. The van der Waals surface area contributed by atoms with Gasteiger partial charge in [0.2, 0.25) is 0 Å². The number of anilines is 1. The quantitative estimate of drug-likeness (QED) is 0.296. The van der Waals surface area contributed by atoms with Gasteiger partial charge in [-0.25, -0.2) is 13.5 Å². The van der Waals surface area contributed by atoms with Crippen molar-refractivity contribution in [2.75, 3.05) is 25.0 Å². The first-order valence-corrected chi connectivity index (χ1v) is 9.89. The standard InChI is InChI=1S/C22H24F2N6.HI/c1-25-22(26-12-16-13-27-30(14-16)18-6-3-2-4-7-18)28-17-10-11-29(15-17)21-19(23)8-5-9-20(21)24;/h2-9,13-14,17H,10-12,15H2,1H3,(H2,25,26,28);1H. The van der Waals surface area contributed by atoms with Crippen molar-refractivity contribution in [3.63, 3.8) is 0 Å². The van der Waals surface area contributed by atoms with E-state index in [9.17, 15) is 8.78 Å². The third kappa shape index (κ3) is 5.52. The lowest BCUT2D eigenvalue weighted by atomic mass is 10.2. The number of rotatable bonds is 5. The molecule has 0 bridgehead atoms. The molecule has 1 fully saturated rings. The summed E-state index contributed by atoms with van der Waals surface area (Å²) in [5, 5.41) is 11.0. The second-order valence-corrected chi connectivity index (χ2v) is 7.20. The summed E-state index contributed by atoms with van der Waals surface area (Å²) in [5.74, 6) is -0.425. The highest BCUT2D eigenvalue weighted by Crippen LogP contribution is 2.26. The van der Waals surface area contributed by atoms with Crippen LogP contribution in [0.2, 0.25) is 0 Å².